The number of carbonyl (C=O) groups excluding carboxylic acids is 1. The first-order chi connectivity index (χ1) is 16.6. The lowest BCUT2D eigenvalue weighted by atomic mass is 9.44. The Morgan fingerprint density at radius 2 is 1.75 bits per heavy atom. The molecule has 1 aliphatic heterocycles. The summed E-state index contributed by atoms with van der Waals surface area (Å²) in [5.41, 5.74) is 3.01. The lowest BCUT2D eigenvalue weighted by Crippen LogP contribution is -2.55. The normalized spacial score (nSPS) is 46.1. The highest BCUT2D eigenvalue weighted by atomic mass is 16.5. The first kappa shape index (κ1) is 26.5. The molecule has 36 heavy (non-hydrogen) atoms. The zero-order valence-electron chi connectivity index (χ0n) is 24.1. The van der Waals surface area contributed by atoms with Gasteiger partial charge in [0.05, 0.1) is 18.3 Å². The van der Waals surface area contributed by atoms with Crippen LogP contribution in [0.1, 0.15) is 107 Å². The van der Waals surface area contributed by atoms with Gasteiger partial charge in [-0.2, -0.15) is 0 Å². The Balaban J connectivity index is 1.42. The average Bonchev–Trinajstić information content (AvgIpc) is 3.06. The van der Waals surface area contributed by atoms with Crippen molar-refractivity contribution >= 4 is 5.97 Å². The van der Waals surface area contributed by atoms with Crippen molar-refractivity contribution in [3.8, 4) is 0 Å². The summed E-state index contributed by atoms with van der Waals surface area (Å²) >= 11 is 0. The zero-order chi connectivity index (χ0) is 26.3. The molecule has 0 aromatic carbocycles. The Kier molecular flexibility index (Phi) is 6.20. The van der Waals surface area contributed by atoms with E-state index in [0.29, 0.717) is 17.8 Å². The molecule has 2 saturated carbocycles. The largest absolute Gasteiger partial charge is 0.462 e. The fourth-order valence-electron chi connectivity index (χ4n) is 9.83. The molecule has 3 fully saturated rings. The third-order valence-electron chi connectivity index (χ3n) is 12.2. The van der Waals surface area contributed by atoms with E-state index in [-0.39, 0.29) is 39.8 Å². The van der Waals surface area contributed by atoms with Gasteiger partial charge < -0.3 is 14.6 Å². The minimum Gasteiger partial charge on any atom is -0.462 e. The number of rotatable bonds is 3. The maximum atomic E-state index is 11.8. The van der Waals surface area contributed by atoms with Crippen LogP contribution < -0.4 is 0 Å². The molecule has 1 N–H and O–H groups in total. The third-order valence-corrected chi connectivity index (χ3v) is 12.2. The van der Waals surface area contributed by atoms with Crippen molar-refractivity contribution in [3.63, 3.8) is 0 Å². The molecule has 1 saturated heterocycles. The van der Waals surface area contributed by atoms with Gasteiger partial charge in [0.15, 0.2) is 0 Å². The van der Waals surface area contributed by atoms with E-state index in [1.54, 1.807) is 18.1 Å². The van der Waals surface area contributed by atoms with Gasteiger partial charge in [-0.15, -0.1) is 0 Å². The summed E-state index contributed by atoms with van der Waals surface area (Å²) in [6, 6.07) is 0. The number of hydrogen-bond donors (Lipinski definition) is 1. The van der Waals surface area contributed by atoms with Crippen molar-refractivity contribution in [1.29, 1.82) is 0 Å². The molecule has 4 aliphatic carbocycles. The van der Waals surface area contributed by atoms with E-state index >= 15 is 0 Å². The smallest absolute Gasteiger partial charge is 0.302 e. The van der Waals surface area contributed by atoms with Crippen molar-refractivity contribution in [3.05, 3.63) is 23.3 Å². The molecule has 8 atom stereocenters. The van der Waals surface area contributed by atoms with Gasteiger partial charge in [-0.1, -0.05) is 46.8 Å². The topological polar surface area (TPSA) is 55.8 Å². The molecule has 0 radical (unpaired) electrons. The highest BCUT2D eigenvalue weighted by Gasteiger charge is 2.64. The van der Waals surface area contributed by atoms with Crippen molar-refractivity contribution in [2.75, 3.05) is 6.61 Å². The minimum absolute atomic E-state index is 0.00274. The van der Waals surface area contributed by atoms with Crippen LogP contribution in [0.25, 0.3) is 0 Å². The molecule has 0 unspecified atom stereocenters. The van der Waals surface area contributed by atoms with E-state index in [1.165, 1.54) is 12.8 Å². The second-order valence-electron chi connectivity index (χ2n) is 14.8. The molecule has 1 heterocycles. The summed E-state index contributed by atoms with van der Waals surface area (Å²) in [5, 5.41) is 10.5. The number of allylic oxidation sites excluding steroid dienone is 4. The Hall–Kier alpha value is -1.13. The van der Waals surface area contributed by atoms with Crippen LogP contribution in [0.4, 0.5) is 0 Å². The van der Waals surface area contributed by atoms with Gasteiger partial charge in [0.1, 0.15) is 6.10 Å². The fraction of sp³-hybridized carbons (Fsp3) is 0.844. The summed E-state index contributed by atoms with van der Waals surface area (Å²) in [7, 11) is 0. The first-order valence-corrected chi connectivity index (χ1v) is 14.6. The number of carbonyl (C=O) groups is 1. The van der Waals surface area contributed by atoms with Gasteiger partial charge in [0.25, 0.3) is 0 Å². The van der Waals surface area contributed by atoms with Crippen LogP contribution in [-0.4, -0.2) is 35.5 Å². The second-order valence-corrected chi connectivity index (χ2v) is 14.8. The van der Waals surface area contributed by atoms with Gasteiger partial charge in [-0.25, -0.2) is 0 Å². The lowest BCUT2D eigenvalue weighted by molar-refractivity contribution is -0.165. The molecule has 202 valence electrons. The molecule has 0 aromatic heterocycles. The average molecular weight is 499 g/mol. The number of ether oxygens (including phenoxy) is 2. The maximum Gasteiger partial charge on any atom is 0.302 e. The van der Waals surface area contributed by atoms with Crippen LogP contribution in [0.3, 0.4) is 0 Å². The van der Waals surface area contributed by atoms with Crippen molar-refractivity contribution < 1.29 is 19.4 Å². The number of fused-ring (bicyclic) bond motifs is 5. The minimum atomic E-state index is -0.761. The highest BCUT2D eigenvalue weighted by Crippen LogP contribution is 2.72. The molecule has 5 rings (SSSR count). The number of hydrogen-bond acceptors (Lipinski definition) is 4. The predicted molar refractivity (Wildman–Crippen MR) is 143 cm³/mol. The van der Waals surface area contributed by atoms with E-state index in [2.05, 4.69) is 46.8 Å². The molecule has 0 spiro atoms. The number of esters is 1. The van der Waals surface area contributed by atoms with E-state index in [9.17, 15) is 9.90 Å². The van der Waals surface area contributed by atoms with E-state index in [1.807, 2.05) is 13.8 Å². The Morgan fingerprint density at radius 3 is 2.36 bits per heavy atom. The van der Waals surface area contributed by atoms with Gasteiger partial charge in [-0.05, 0) is 110 Å². The van der Waals surface area contributed by atoms with Crippen LogP contribution in [0.5, 0.6) is 0 Å². The Morgan fingerprint density at radius 1 is 1.03 bits per heavy atom. The lowest BCUT2D eigenvalue weighted by Gasteiger charge is -2.61. The van der Waals surface area contributed by atoms with Crippen LogP contribution in [0.15, 0.2) is 23.3 Å². The Bertz CT molecular complexity index is 961. The number of aliphatic hydroxyl groups is 1. The molecule has 0 amide bonds. The molecule has 0 bridgehead atoms. The van der Waals surface area contributed by atoms with Gasteiger partial charge >= 0.3 is 5.97 Å². The monoisotopic (exact) mass is 498 g/mol. The van der Waals surface area contributed by atoms with Crippen LogP contribution in [-0.2, 0) is 14.3 Å². The van der Waals surface area contributed by atoms with Crippen LogP contribution in [0.2, 0.25) is 0 Å². The van der Waals surface area contributed by atoms with Gasteiger partial charge in [-0.3, -0.25) is 4.79 Å². The predicted octanol–water partition coefficient (Wildman–Crippen LogP) is 7.01. The molecular weight excluding hydrogens is 448 g/mol. The summed E-state index contributed by atoms with van der Waals surface area (Å²) in [5.74, 6) is 1.57. The summed E-state index contributed by atoms with van der Waals surface area (Å²) in [4.78, 5) is 11.8. The van der Waals surface area contributed by atoms with E-state index < -0.39 is 5.60 Å². The standard InChI is InChI=1S/C32H50O4/c1-20(33)36-26-15-16-30(6)23-14-18-31(7)22(21-9-12-27(35-19-21)29(4,5)34)13-17-32(31,8)24(23)10-11-25(30)28(26,2)3/h10,14,21-22,25-27,34H,9,11-13,15-19H2,1-8H3/t21-,22+,25-,26-,27+,30+,31+,32-/m0/s1. The highest BCUT2D eigenvalue weighted by molar-refractivity contribution is 5.66. The van der Waals surface area contributed by atoms with E-state index in [0.717, 1.165) is 45.1 Å². The van der Waals surface area contributed by atoms with E-state index in [4.69, 9.17) is 9.47 Å². The van der Waals surface area contributed by atoms with Gasteiger partial charge in [0.2, 0.25) is 0 Å². The molecule has 4 heteroatoms. The van der Waals surface area contributed by atoms with Gasteiger partial charge in [0, 0.05) is 12.3 Å². The Labute approximate surface area is 219 Å². The summed E-state index contributed by atoms with van der Waals surface area (Å²) < 4.78 is 12.1. The molecule has 0 aromatic rings. The van der Waals surface area contributed by atoms with Crippen LogP contribution in [0, 0.1) is 39.4 Å². The summed E-state index contributed by atoms with van der Waals surface area (Å²) in [6.45, 7) is 18.4. The van der Waals surface area contributed by atoms with Crippen molar-refractivity contribution in [1.82, 2.24) is 0 Å². The second kappa shape index (κ2) is 8.43. The van der Waals surface area contributed by atoms with Crippen molar-refractivity contribution in [2.45, 2.75) is 125 Å². The maximum absolute atomic E-state index is 11.8. The SMILES string of the molecule is CC(=O)O[C@H]1CC[C@]2(C)C3=CC[C@]4(C)[C@@H]([C@H]5CC[C@H](C(C)(C)O)OC5)CC[C@@]4(C)C3=CC[C@H]2C1(C)C. The van der Waals surface area contributed by atoms with Crippen molar-refractivity contribution in [2.24, 2.45) is 39.4 Å². The third kappa shape index (κ3) is 3.71. The fourth-order valence-corrected chi connectivity index (χ4v) is 9.83. The quantitative estimate of drug-likeness (QED) is 0.425. The molecular formula is C32H50O4. The molecule has 5 aliphatic rings. The first-order valence-electron chi connectivity index (χ1n) is 14.6. The van der Waals surface area contributed by atoms with Crippen LogP contribution >= 0.6 is 0 Å². The summed E-state index contributed by atoms with van der Waals surface area (Å²) in [6.07, 6.45) is 14.1. The zero-order valence-corrected chi connectivity index (χ0v) is 24.1. The molecule has 4 nitrogen and oxygen atoms in total.